The largest absolute Gasteiger partial charge is 0.497 e. The zero-order chi connectivity index (χ0) is 13.7. The summed E-state index contributed by atoms with van der Waals surface area (Å²) in [5.74, 6) is 0.974. The van der Waals surface area contributed by atoms with Gasteiger partial charge in [0.2, 0.25) is 0 Å². The van der Waals surface area contributed by atoms with Gasteiger partial charge in [0.15, 0.2) is 0 Å². The van der Waals surface area contributed by atoms with Crippen LogP contribution in [-0.2, 0) is 6.54 Å². The van der Waals surface area contributed by atoms with Gasteiger partial charge in [-0.1, -0.05) is 0 Å². The molecule has 1 amide bonds. The molecule has 6 heteroatoms. The molecule has 0 bridgehead atoms. The number of hydrogen-bond acceptors (Lipinski definition) is 5. The first-order valence-electron chi connectivity index (χ1n) is 5.61. The van der Waals surface area contributed by atoms with Gasteiger partial charge in [-0.25, -0.2) is 4.98 Å². The Morgan fingerprint density at radius 2 is 1.95 bits per heavy atom. The smallest absolute Gasteiger partial charge is 0.251 e. The predicted octanol–water partition coefficient (Wildman–Crippen LogP) is 2.09. The molecular weight excluding hydrogens is 264 g/mol. The maximum Gasteiger partial charge on any atom is 0.251 e. The molecule has 5 nitrogen and oxygen atoms in total. The summed E-state index contributed by atoms with van der Waals surface area (Å²) < 4.78 is 10.3. The van der Waals surface area contributed by atoms with E-state index in [-0.39, 0.29) is 5.91 Å². The molecule has 0 saturated carbocycles. The summed E-state index contributed by atoms with van der Waals surface area (Å²) in [6.45, 7) is 0.405. The Morgan fingerprint density at radius 1 is 1.26 bits per heavy atom. The maximum absolute atomic E-state index is 12.0. The SMILES string of the molecule is COc1cc(OC)cc(C(=O)NCc2cscn2)c1. The van der Waals surface area contributed by atoms with Crippen LogP contribution in [0.2, 0.25) is 0 Å². The van der Waals surface area contributed by atoms with Crippen molar-refractivity contribution in [2.45, 2.75) is 6.54 Å². The number of aromatic nitrogens is 1. The van der Waals surface area contributed by atoms with Crippen molar-refractivity contribution in [2.75, 3.05) is 14.2 Å². The van der Waals surface area contributed by atoms with Crippen molar-refractivity contribution in [3.05, 3.63) is 40.3 Å². The number of nitrogens with one attached hydrogen (secondary N) is 1. The molecule has 1 aromatic carbocycles. The van der Waals surface area contributed by atoms with Crippen LogP contribution in [0, 0.1) is 0 Å². The first kappa shape index (κ1) is 13.4. The summed E-state index contributed by atoms with van der Waals surface area (Å²) in [6, 6.07) is 5.05. The molecule has 100 valence electrons. The number of hydrogen-bond donors (Lipinski definition) is 1. The number of benzene rings is 1. The number of amides is 1. The van der Waals surface area contributed by atoms with Crippen LogP contribution >= 0.6 is 11.3 Å². The number of thiazole rings is 1. The van der Waals surface area contributed by atoms with Crippen molar-refractivity contribution in [3.63, 3.8) is 0 Å². The standard InChI is InChI=1S/C13H14N2O3S/c1-17-11-3-9(4-12(5-11)18-2)13(16)14-6-10-7-19-8-15-10/h3-5,7-8H,6H2,1-2H3,(H,14,16). The Morgan fingerprint density at radius 3 is 2.47 bits per heavy atom. The lowest BCUT2D eigenvalue weighted by molar-refractivity contribution is 0.0949. The van der Waals surface area contributed by atoms with Gasteiger partial charge in [0.05, 0.1) is 32.0 Å². The van der Waals surface area contributed by atoms with E-state index in [0.29, 0.717) is 23.6 Å². The second-order valence-electron chi connectivity index (χ2n) is 3.76. The lowest BCUT2D eigenvalue weighted by Crippen LogP contribution is -2.23. The summed E-state index contributed by atoms with van der Waals surface area (Å²) in [7, 11) is 3.09. The molecule has 0 fully saturated rings. The highest BCUT2D eigenvalue weighted by molar-refractivity contribution is 7.07. The van der Waals surface area contributed by atoms with Gasteiger partial charge in [0.25, 0.3) is 5.91 Å². The molecule has 0 atom stereocenters. The summed E-state index contributed by atoms with van der Waals surface area (Å²) in [6.07, 6.45) is 0. The van der Waals surface area contributed by atoms with Crippen LogP contribution < -0.4 is 14.8 Å². The van der Waals surface area contributed by atoms with Gasteiger partial charge in [0.1, 0.15) is 11.5 Å². The summed E-state index contributed by atoms with van der Waals surface area (Å²) >= 11 is 1.50. The minimum atomic E-state index is -0.190. The monoisotopic (exact) mass is 278 g/mol. The quantitative estimate of drug-likeness (QED) is 0.909. The minimum Gasteiger partial charge on any atom is -0.497 e. The third-order valence-corrected chi connectivity index (χ3v) is 3.16. The van der Waals surface area contributed by atoms with Crippen LogP contribution in [0.15, 0.2) is 29.1 Å². The number of ether oxygens (including phenoxy) is 2. The fourth-order valence-electron chi connectivity index (χ4n) is 1.54. The Hall–Kier alpha value is -2.08. The molecule has 0 aliphatic heterocycles. The van der Waals surface area contributed by atoms with E-state index in [1.807, 2.05) is 5.38 Å². The molecule has 1 heterocycles. The van der Waals surface area contributed by atoms with E-state index in [4.69, 9.17) is 9.47 Å². The third kappa shape index (κ3) is 3.45. The van der Waals surface area contributed by atoms with Crippen molar-refractivity contribution in [1.29, 1.82) is 0 Å². The van der Waals surface area contributed by atoms with Gasteiger partial charge in [0, 0.05) is 17.0 Å². The van der Waals surface area contributed by atoms with E-state index < -0.39 is 0 Å². The normalized spacial score (nSPS) is 10.0. The Kier molecular flexibility index (Phi) is 4.35. The van der Waals surface area contributed by atoms with E-state index in [1.165, 1.54) is 11.3 Å². The Labute approximate surface area is 115 Å². The summed E-state index contributed by atoms with van der Waals surface area (Å²) in [5.41, 5.74) is 3.07. The van der Waals surface area contributed by atoms with Crippen LogP contribution in [-0.4, -0.2) is 25.1 Å². The molecule has 19 heavy (non-hydrogen) atoms. The number of nitrogens with zero attached hydrogens (tertiary/aromatic N) is 1. The first-order chi connectivity index (χ1) is 9.22. The molecule has 0 spiro atoms. The molecule has 0 radical (unpaired) electrons. The molecule has 0 unspecified atom stereocenters. The second-order valence-corrected chi connectivity index (χ2v) is 4.48. The van der Waals surface area contributed by atoms with Gasteiger partial charge in [-0.05, 0) is 12.1 Å². The summed E-state index contributed by atoms with van der Waals surface area (Å²) in [5, 5.41) is 4.69. The Balaban J connectivity index is 2.09. The van der Waals surface area contributed by atoms with E-state index >= 15 is 0 Å². The van der Waals surface area contributed by atoms with E-state index in [2.05, 4.69) is 10.3 Å². The van der Waals surface area contributed by atoms with E-state index in [1.54, 1.807) is 37.9 Å². The summed E-state index contributed by atoms with van der Waals surface area (Å²) in [4.78, 5) is 16.1. The number of rotatable bonds is 5. The lowest BCUT2D eigenvalue weighted by Gasteiger charge is -2.08. The molecule has 0 saturated heterocycles. The van der Waals surface area contributed by atoms with Gasteiger partial charge in [-0.3, -0.25) is 4.79 Å². The zero-order valence-electron chi connectivity index (χ0n) is 10.7. The molecule has 2 aromatic rings. The van der Waals surface area contributed by atoms with Gasteiger partial charge < -0.3 is 14.8 Å². The van der Waals surface area contributed by atoms with Crippen LogP contribution in [0.5, 0.6) is 11.5 Å². The highest BCUT2D eigenvalue weighted by Crippen LogP contribution is 2.22. The highest BCUT2D eigenvalue weighted by atomic mass is 32.1. The molecule has 0 aliphatic carbocycles. The predicted molar refractivity (Wildman–Crippen MR) is 72.8 cm³/mol. The van der Waals surface area contributed by atoms with Gasteiger partial charge >= 0.3 is 0 Å². The molecule has 1 aromatic heterocycles. The molecular formula is C13H14N2O3S. The zero-order valence-corrected chi connectivity index (χ0v) is 11.5. The van der Waals surface area contributed by atoms with Crippen LogP contribution in [0.4, 0.5) is 0 Å². The number of carbonyl (C=O) groups is 1. The molecule has 0 aliphatic rings. The van der Waals surface area contributed by atoms with Gasteiger partial charge in [-0.2, -0.15) is 0 Å². The van der Waals surface area contributed by atoms with Crippen molar-refractivity contribution in [1.82, 2.24) is 10.3 Å². The van der Waals surface area contributed by atoms with E-state index in [9.17, 15) is 4.79 Å². The van der Waals surface area contributed by atoms with Crippen LogP contribution in [0.25, 0.3) is 0 Å². The van der Waals surface area contributed by atoms with Crippen molar-refractivity contribution in [2.24, 2.45) is 0 Å². The number of methoxy groups -OCH3 is 2. The fraction of sp³-hybridized carbons (Fsp3) is 0.231. The van der Waals surface area contributed by atoms with Gasteiger partial charge in [-0.15, -0.1) is 11.3 Å². The first-order valence-corrected chi connectivity index (χ1v) is 6.55. The second kappa shape index (κ2) is 6.19. The average molecular weight is 278 g/mol. The molecule has 2 rings (SSSR count). The molecule has 1 N–H and O–H groups in total. The topological polar surface area (TPSA) is 60.5 Å². The van der Waals surface area contributed by atoms with Crippen molar-refractivity contribution < 1.29 is 14.3 Å². The fourth-order valence-corrected chi connectivity index (χ4v) is 2.09. The maximum atomic E-state index is 12.0. The third-order valence-electron chi connectivity index (χ3n) is 2.53. The lowest BCUT2D eigenvalue weighted by atomic mass is 10.2. The number of carbonyl (C=O) groups excluding carboxylic acids is 1. The average Bonchev–Trinajstić information content (AvgIpc) is 2.97. The van der Waals surface area contributed by atoms with E-state index in [0.717, 1.165) is 5.69 Å². The van der Waals surface area contributed by atoms with Crippen molar-refractivity contribution >= 4 is 17.2 Å². The van der Waals surface area contributed by atoms with Crippen LogP contribution in [0.1, 0.15) is 16.1 Å². The Bertz CT molecular complexity index is 533. The minimum absolute atomic E-state index is 0.190. The van der Waals surface area contributed by atoms with Crippen molar-refractivity contribution in [3.8, 4) is 11.5 Å². The van der Waals surface area contributed by atoms with Crippen LogP contribution in [0.3, 0.4) is 0 Å². The highest BCUT2D eigenvalue weighted by Gasteiger charge is 2.09.